The summed E-state index contributed by atoms with van der Waals surface area (Å²) in [5, 5.41) is 5.04. The van der Waals surface area contributed by atoms with Crippen molar-refractivity contribution in [2.45, 2.75) is 18.9 Å². The number of anilines is 1. The molecular formula is C17H18N4O3S. The Hall–Kier alpha value is -2.74. The summed E-state index contributed by atoms with van der Waals surface area (Å²) in [6.45, 7) is 1.51. The van der Waals surface area contributed by atoms with Crippen LogP contribution < -0.4 is 10.2 Å². The summed E-state index contributed by atoms with van der Waals surface area (Å²) in [6, 6.07) is 8.52. The van der Waals surface area contributed by atoms with Gasteiger partial charge in [-0.2, -0.15) is 0 Å². The largest absolute Gasteiger partial charge is 0.325 e. The molecule has 8 heteroatoms. The van der Waals surface area contributed by atoms with Gasteiger partial charge in [0.2, 0.25) is 5.91 Å². The van der Waals surface area contributed by atoms with E-state index in [0.717, 1.165) is 4.90 Å². The third-order valence-corrected chi connectivity index (χ3v) is 5.19. The first-order valence-corrected chi connectivity index (χ1v) is 8.73. The van der Waals surface area contributed by atoms with E-state index in [2.05, 4.69) is 10.3 Å². The molecule has 1 atom stereocenters. The van der Waals surface area contributed by atoms with Crippen molar-refractivity contribution in [2.75, 3.05) is 18.5 Å². The quantitative estimate of drug-likeness (QED) is 0.829. The summed E-state index contributed by atoms with van der Waals surface area (Å²) in [5.41, 5.74) is -0.419. The van der Waals surface area contributed by atoms with Crippen LogP contribution >= 0.6 is 11.3 Å². The van der Waals surface area contributed by atoms with Crippen molar-refractivity contribution in [3.05, 3.63) is 47.5 Å². The molecule has 130 valence electrons. The minimum Gasteiger partial charge on any atom is -0.319 e. The van der Waals surface area contributed by atoms with Crippen molar-refractivity contribution in [1.29, 1.82) is 0 Å². The predicted molar refractivity (Wildman–Crippen MR) is 94.2 cm³/mol. The molecule has 0 unspecified atom stereocenters. The average Bonchev–Trinajstić information content (AvgIpc) is 3.25. The van der Waals surface area contributed by atoms with Crippen molar-refractivity contribution in [3.63, 3.8) is 0 Å². The molecule has 7 nitrogen and oxygen atoms in total. The Morgan fingerprint density at radius 3 is 2.64 bits per heavy atom. The Labute approximate surface area is 149 Å². The third kappa shape index (κ3) is 2.89. The van der Waals surface area contributed by atoms with Gasteiger partial charge >= 0.3 is 6.03 Å². The molecule has 1 saturated heterocycles. The SMILES string of the molecule is CC[C@@]1(c2ccccc2)NC(=O)N(CC(=O)N(C)c2nccs2)C1=O. The molecule has 0 bridgehead atoms. The zero-order valence-electron chi connectivity index (χ0n) is 13.9. The van der Waals surface area contributed by atoms with Gasteiger partial charge in [0.25, 0.3) is 5.91 Å². The van der Waals surface area contributed by atoms with E-state index in [1.54, 1.807) is 30.8 Å². The Morgan fingerprint density at radius 1 is 1.32 bits per heavy atom. The topological polar surface area (TPSA) is 82.6 Å². The summed E-state index contributed by atoms with van der Waals surface area (Å²) in [5.74, 6) is -0.787. The van der Waals surface area contributed by atoms with Gasteiger partial charge in [-0.05, 0) is 12.0 Å². The van der Waals surface area contributed by atoms with Crippen molar-refractivity contribution < 1.29 is 14.4 Å². The van der Waals surface area contributed by atoms with Gasteiger partial charge < -0.3 is 5.32 Å². The minimum atomic E-state index is -1.13. The number of thiazole rings is 1. The molecular weight excluding hydrogens is 340 g/mol. The van der Waals surface area contributed by atoms with Crippen LogP contribution in [0.2, 0.25) is 0 Å². The fourth-order valence-electron chi connectivity index (χ4n) is 2.86. The molecule has 3 rings (SSSR count). The van der Waals surface area contributed by atoms with E-state index >= 15 is 0 Å². The van der Waals surface area contributed by atoms with Gasteiger partial charge in [0.1, 0.15) is 12.1 Å². The second-order valence-electron chi connectivity index (χ2n) is 5.71. The second-order valence-corrected chi connectivity index (χ2v) is 6.59. The molecule has 4 amide bonds. The lowest BCUT2D eigenvalue weighted by atomic mass is 9.87. The van der Waals surface area contributed by atoms with Gasteiger partial charge in [0.15, 0.2) is 5.13 Å². The highest BCUT2D eigenvalue weighted by Gasteiger charge is 2.51. The number of nitrogens with one attached hydrogen (secondary N) is 1. The van der Waals surface area contributed by atoms with E-state index in [4.69, 9.17) is 0 Å². The summed E-state index contributed by atoms with van der Waals surface area (Å²) < 4.78 is 0. The summed E-state index contributed by atoms with van der Waals surface area (Å²) in [6.07, 6.45) is 1.99. The molecule has 1 fully saturated rings. The number of urea groups is 1. The maximum atomic E-state index is 13.0. The fraction of sp³-hybridized carbons (Fsp3) is 0.294. The maximum absolute atomic E-state index is 13.0. The molecule has 1 aliphatic rings. The molecule has 0 aliphatic carbocycles. The van der Waals surface area contributed by atoms with E-state index < -0.39 is 17.5 Å². The van der Waals surface area contributed by atoms with Crippen LogP contribution in [0.5, 0.6) is 0 Å². The van der Waals surface area contributed by atoms with Crippen molar-refractivity contribution in [1.82, 2.24) is 15.2 Å². The lowest BCUT2D eigenvalue weighted by Gasteiger charge is -2.26. The molecule has 1 aromatic carbocycles. The van der Waals surface area contributed by atoms with E-state index in [1.165, 1.54) is 16.2 Å². The Kier molecular flexibility index (Phi) is 4.54. The van der Waals surface area contributed by atoms with Crippen LogP contribution in [0.25, 0.3) is 0 Å². The van der Waals surface area contributed by atoms with E-state index in [-0.39, 0.29) is 12.5 Å². The molecule has 2 aromatic rings. The molecule has 0 radical (unpaired) electrons. The first-order chi connectivity index (χ1) is 12.0. The molecule has 1 N–H and O–H groups in total. The van der Waals surface area contributed by atoms with Crippen LogP contribution in [0.15, 0.2) is 41.9 Å². The van der Waals surface area contributed by atoms with E-state index in [1.807, 2.05) is 25.1 Å². The molecule has 0 spiro atoms. The van der Waals surface area contributed by atoms with Gasteiger partial charge in [-0.25, -0.2) is 9.78 Å². The summed E-state index contributed by atoms with van der Waals surface area (Å²) >= 11 is 1.31. The highest BCUT2D eigenvalue weighted by molar-refractivity contribution is 7.13. The van der Waals surface area contributed by atoms with Gasteiger partial charge in [0, 0.05) is 18.6 Å². The average molecular weight is 358 g/mol. The number of rotatable bonds is 5. The molecule has 0 saturated carbocycles. The van der Waals surface area contributed by atoms with E-state index in [0.29, 0.717) is 17.1 Å². The molecule has 25 heavy (non-hydrogen) atoms. The van der Waals surface area contributed by atoms with Crippen LogP contribution in [-0.4, -0.2) is 41.3 Å². The van der Waals surface area contributed by atoms with Crippen molar-refractivity contribution in [3.8, 4) is 0 Å². The molecule has 2 heterocycles. The van der Waals surface area contributed by atoms with Crippen molar-refractivity contribution in [2.24, 2.45) is 0 Å². The van der Waals surface area contributed by atoms with Crippen LogP contribution in [-0.2, 0) is 15.1 Å². The van der Waals surface area contributed by atoms with Gasteiger partial charge in [0.05, 0.1) is 0 Å². The maximum Gasteiger partial charge on any atom is 0.325 e. The number of aromatic nitrogens is 1. The van der Waals surface area contributed by atoms with Crippen LogP contribution in [0.4, 0.5) is 9.93 Å². The Balaban J connectivity index is 1.83. The number of nitrogens with zero attached hydrogens (tertiary/aromatic N) is 3. The van der Waals surface area contributed by atoms with Gasteiger partial charge in [-0.15, -0.1) is 11.3 Å². The van der Waals surface area contributed by atoms with Gasteiger partial charge in [-0.1, -0.05) is 37.3 Å². The number of carbonyl (C=O) groups is 3. The molecule has 1 aromatic heterocycles. The number of imide groups is 1. The Bertz CT molecular complexity index is 793. The number of benzene rings is 1. The minimum absolute atomic E-state index is 0.324. The zero-order valence-corrected chi connectivity index (χ0v) is 14.7. The standard InChI is InChI=1S/C17H18N4O3S/c1-3-17(12-7-5-4-6-8-12)14(23)21(15(24)19-17)11-13(22)20(2)16-18-9-10-25-16/h4-10H,3,11H2,1-2H3,(H,19,24)/t17-/m0/s1. The zero-order chi connectivity index (χ0) is 18.0. The fourth-order valence-corrected chi connectivity index (χ4v) is 3.49. The first kappa shape index (κ1) is 17.1. The number of likely N-dealkylation sites (N-methyl/N-ethyl adjacent to an activating group) is 1. The third-order valence-electron chi connectivity index (χ3n) is 4.35. The van der Waals surface area contributed by atoms with Gasteiger partial charge in [-0.3, -0.25) is 19.4 Å². The highest BCUT2D eigenvalue weighted by Crippen LogP contribution is 2.32. The number of hydrogen-bond acceptors (Lipinski definition) is 5. The lowest BCUT2D eigenvalue weighted by molar-refractivity contribution is -0.134. The van der Waals surface area contributed by atoms with Crippen molar-refractivity contribution >= 4 is 34.3 Å². The highest BCUT2D eigenvalue weighted by atomic mass is 32.1. The summed E-state index contributed by atoms with van der Waals surface area (Å²) in [4.78, 5) is 44.2. The van der Waals surface area contributed by atoms with Crippen LogP contribution in [0.3, 0.4) is 0 Å². The van der Waals surface area contributed by atoms with E-state index in [9.17, 15) is 14.4 Å². The Morgan fingerprint density at radius 2 is 2.04 bits per heavy atom. The number of amides is 4. The lowest BCUT2D eigenvalue weighted by Crippen LogP contribution is -2.45. The predicted octanol–water partition coefficient (Wildman–Crippen LogP) is 1.96. The normalized spacial score (nSPS) is 19.8. The van der Waals surface area contributed by atoms with Crippen LogP contribution in [0, 0.1) is 0 Å². The number of hydrogen-bond donors (Lipinski definition) is 1. The monoisotopic (exact) mass is 358 g/mol. The molecule has 1 aliphatic heterocycles. The first-order valence-electron chi connectivity index (χ1n) is 7.85. The summed E-state index contributed by atoms with van der Waals surface area (Å²) in [7, 11) is 1.57. The smallest absolute Gasteiger partial charge is 0.319 e. The second kappa shape index (κ2) is 6.64. The number of carbonyl (C=O) groups excluding carboxylic acids is 3. The van der Waals surface area contributed by atoms with Crippen LogP contribution in [0.1, 0.15) is 18.9 Å².